The Balaban J connectivity index is 1.57. The molecule has 9 heteroatoms. The maximum atomic E-state index is 14.4. The van der Waals surface area contributed by atoms with Gasteiger partial charge in [0.05, 0.1) is 17.4 Å². The number of hydrogen-bond donors (Lipinski definition) is 1. The summed E-state index contributed by atoms with van der Waals surface area (Å²) in [6, 6.07) is 6.95. The number of likely N-dealkylation sites (tertiary alicyclic amines) is 1. The molecule has 1 unspecified atom stereocenters. The lowest BCUT2D eigenvalue weighted by Crippen LogP contribution is -2.56. The summed E-state index contributed by atoms with van der Waals surface area (Å²) >= 11 is 0. The van der Waals surface area contributed by atoms with E-state index in [0.29, 0.717) is 19.5 Å². The molecule has 2 saturated heterocycles. The van der Waals surface area contributed by atoms with Crippen molar-refractivity contribution in [3.63, 3.8) is 0 Å². The third kappa shape index (κ3) is 3.86. The van der Waals surface area contributed by atoms with Crippen molar-refractivity contribution in [3.05, 3.63) is 48.6 Å². The average molecular weight is 523 g/mol. The van der Waals surface area contributed by atoms with E-state index in [9.17, 15) is 19.5 Å². The van der Waals surface area contributed by atoms with Crippen LogP contribution in [0.4, 0.5) is 11.4 Å². The van der Waals surface area contributed by atoms with Gasteiger partial charge < -0.3 is 29.4 Å². The first-order valence-corrected chi connectivity index (χ1v) is 13.6. The van der Waals surface area contributed by atoms with E-state index in [2.05, 4.69) is 18.7 Å². The van der Waals surface area contributed by atoms with Crippen LogP contribution in [0.1, 0.15) is 27.2 Å². The third-order valence-electron chi connectivity index (χ3n) is 8.61. The van der Waals surface area contributed by atoms with Gasteiger partial charge in [-0.3, -0.25) is 14.4 Å². The van der Waals surface area contributed by atoms with Gasteiger partial charge in [0.25, 0.3) is 5.91 Å². The number of anilines is 2. The highest BCUT2D eigenvalue weighted by Gasteiger charge is 2.74. The summed E-state index contributed by atoms with van der Waals surface area (Å²) in [6.45, 7) is 8.68. The molecule has 9 nitrogen and oxygen atoms in total. The highest BCUT2D eigenvalue weighted by atomic mass is 16.5. The lowest BCUT2D eigenvalue weighted by Gasteiger charge is -2.37. The largest absolute Gasteiger partial charge is 0.396 e. The van der Waals surface area contributed by atoms with Gasteiger partial charge in [0.15, 0.2) is 0 Å². The Hall–Kier alpha value is -3.17. The first-order chi connectivity index (χ1) is 18.2. The molecule has 4 aliphatic rings. The number of nitrogens with zero attached hydrogens (tertiary/aromatic N) is 4. The minimum Gasteiger partial charge on any atom is -0.396 e. The number of rotatable bonds is 7. The van der Waals surface area contributed by atoms with Crippen LogP contribution in [-0.4, -0.2) is 96.3 Å². The molecule has 38 heavy (non-hydrogen) atoms. The molecular weight excluding hydrogens is 484 g/mol. The fourth-order valence-electron chi connectivity index (χ4n) is 6.79. The predicted molar refractivity (Wildman–Crippen MR) is 145 cm³/mol. The van der Waals surface area contributed by atoms with Crippen molar-refractivity contribution in [1.82, 2.24) is 9.80 Å². The zero-order valence-electron chi connectivity index (χ0n) is 22.7. The molecule has 4 aliphatic heterocycles. The van der Waals surface area contributed by atoms with Gasteiger partial charge in [0, 0.05) is 57.8 Å². The van der Waals surface area contributed by atoms with E-state index >= 15 is 0 Å². The molecule has 3 amide bonds. The van der Waals surface area contributed by atoms with Crippen LogP contribution in [0, 0.1) is 11.8 Å². The number of hydrogen-bond acceptors (Lipinski definition) is 6. The number of carbonyl (C=O) groups is 3. The number of carbonyl (C=O) groups excluding carboxylic acids is 3. The number of ether oxygens (including phenoxy) is 1. The second kappa shape index (κ2) is 9.85. The zero-order valence-corrected chi connectivity index (χ0v) is 22.7. The van der Waals surface area contributed by atoms with Gasteiger partial charge >= 0.3 is 0 Å². The molecule has 0 bridgehead atoms. The van der Waals surface area contributed by atoms with Crippen LogP contribution in [0.25, 0.3) is 0 Å². The molecule has 204 valence electrons. The Morgan fingerprint density at radius 3 is 2.32 bits per heavy atom. The summed E-state index contributed by atoms with van der Waals surface area (Å²) in [5.74, 6) is -2.27. The monoisotopic (exact) mass is 522 g/mol. The highest BCUT2D eigenvalue weighted by Crippen LogP contribution is 2.57. The van der Waals surface area contributed by atoms with E-state index < -0.39 is 29.1 Å². The van der Waals surface area contributed by atoms with Gasteiger partial charge in [-0.15, -0.1) is 0 Å². The van der Waals surface area contributed by atoms with Crippen LogP contribution in [0.5, 0.6) is 0 Å². The Morgan fingerprint density at radius 2 is 1.66 bits per heavy atom. The molecule has 0 saturated carbocycles. The predicted octanol–water partition coefficient (Wildman–Crippen LogP) is 1.82. The summed E-state index contributed by atoms with van der Waals surface area (Å²) < 4.78 is 6.76. The fraction of sp³-hybridized carbons (Fsp3) is 0.552. The molecule has 0 aliphatic carbocycles. The van der Waals surface area contributed by atoms with Crippen LogP contribution in [-0.2, 0) is 19.1 Å². The lowest BCUT2D eigenvalue weighted by atomic mass is 9.74. The standard InChI is InChI=1S/C29H38N4O5/c1-5-31(6-2)20-10-12-21(13-11-20)32-17-8-15-29-23(26(36)33(18-9-19-34)24(29)27(32)37)22-25(35)30(4)16-7-14-28(22,3)38-29/h7-8,10-15,22-24,34H,5-6,9,16-19H2,1-4H3/t22-,23+,24?,28+,29+/m1/s1. The molecule has 5 rings (SSSR count). The first-order valence-electron chi connectivity index (χ1n) is 13.6. The zero-order chi connectivity index (χ0) is 27.2. The van der Waals surface area contributed by atoms with Crippen LogP contribution in [0.3, 0.4) is 0 Å². The van der Waals surface area contributed by atoms with Crippen molar-refractivity contribution < 1.29 is 24.2 Å². The molecular formula is C29H38N4O5. The lowest BCUT2D eigenvalue weighted by molar-refractivity contribution is -0.148. The van der Waals surface area contributed by atoms with Gasteiger partial charge in [0.1, 0.15) is 11.6 Å². The van der Waals surface area contributed by atoms with Crippen molar-refractivity contribution in [3.8, 4) is 0 Å². The van der Waals surface area contributed by atoms with Gasteiger partial charge in [-0.25, -0.2) is 0 Å². The van der Waals surface area contributed by atoms with Crippen LogP contribution >= 0.6 is 0 Å². The van der Waals surface area contributed by atoms with Gasteiger partial charge in [0.2, 0.25) is 11.8 Å². The van der Waals surface area contributed by atoms with E-state index in [4.69, 9.17) is 4.74 Å². The minimum absolute atomic E-state index is 0.110. The number of benzene rings is 1. The summed E-state index contributed by atoms with van der Waals surface area (Å²) in [6.07, 6.45) is 7.84. The van der Waals surface area contributed by atoms with Gasteiger partial charge in [-0.1, -0.05) is 24.3 Å². The summed E-state index contributed by atoms with van der Waals surface area (Å²) in [5, 5.41) is 9.56. The number of fused-ring (bicyclic) bond motifs is 2. The maximum absolute atomic E-state index is 14.4. The molecule has 1 aromatic rings. The number of amides is 3. The SMILES string of the molecule is CCN(CC)c1ccc(N2CC=C[C@]34O[C@@]5(C)C=CCN(C)C(=O)[C@H]5[C@H]3C(=O)N(CCCO)C4C2=O)cc1. The Bertz CT molecular complexity index is 1160. The summed E-state index contributed by atoms with van der Waals surface area (Å²) in [4.78, 5) is 49.1. The smallest absolute Gasteiger partial charge is 0.253 e. The normalized spacial score (nSPS) is 32.3. The highest BCUT2D eigenvalue weighted by molar-refractivity contribution is 6.06. The van der Waals surface area contributed by atoms with E-state index in [-0.39, 0.29) is 30.9 Å². The van der Waals surface area contributed by atoms with E-state index in [0.717, 1.165) is 24.5 Å². The molecule has 4 heterocycles. The topological polar surface area (TPSA) is 93.6 Å². The van der Waals surface area contributed by atoms with Crippen molar-refractivity contribution in [2.75, 3.05) is 56.2 Å². The third-order valence-corrected chi connectivity index (χ3v) is 8.61. The molecule has 2 fully saturated rings. The number of likely N-dealkylation sites (N-methyl/N-ethyl adjacent to an activating group) is 1. The van der Waals surface area contributed by atoms with Crippen molar-refractivity contribution >= 4 is 29.1 Å². The Morgan fingerprint density at radius 1 is 0.974 bits per heavy atom. The molecule has 0 aromatic heterocycles. The van der Waals surface area contributed by atoms with E-state index in [1.54, 1.807) is 16.8 Å². The van der Waals surface area contributed by atoms with Gasteiger partial charge in [-0.05, 0) is 51.5 Å². The molecule has 1 aromatic carbocycles. The van der Waals surface area contributed by atoms with E-state index in [1.807, 2.05) is 55.5 Å². The van der Waals surface area contributed by atoms with Crippen LogP contribution in [0.2, 0.25) is 0 Å². The Labute approximate surface area is 224 Å². The molecule has 1 N–H and O–H groups in total. The maximum Gasteiger partial charge on any atom is 0.253 e. The minimum atomic E-state index is -1.28. The van der Waals surface area contributed by atoms with Crippen molar-refractivity contribution in [2.24, 2.45) is 11.8 Å². The summed E-state index contributed by atoms with van der Waals surface area (Å²) in [5.41, 5.74) is -0.485. The second-order valence-corrected chi connectivity index (χ2v) is 10.8. The summed E-state index contributed by atoms with van der Waals surface area (Å²) in [7, 11) is 1.72. The number of aliphatic hydroxyl groups excluding tert-OH is 1. The van der Waals surface area contributed by atoms with Crippen molar-refractivity contribution in [1.29, 1.82) is 0 Å². The van der Waals surface area contributed by atoms with Gasteiger partial charge in [-0.2, -0.15) is 0 Å². The van der Waals surface area contributed by atoms with E-state index in [1.165, 1.54) is 4.90 Å². The molecule has 5 atom stereocenters. The average Bonchev–Trinajstić information content (AvgIpc) is 3.18. The van der Waals surface area contributed by atoms with Crippen LogP contribution in [0.15, 0.2) is 48.6 Å². The number of aliphatic hydroxyl groups is 1. The second-order valence-electron chi connectivity index (χ2n) is 10.8. The quantitative estimate of drug-likeness (QED) is 0.549. The van der Waals surface area contributed by atoms with Crippen molar-refractivity contribution in [2.45, 2.75) is 44.4 Å². The fourth-order valence-corrected chi connectivity index (χ4v) is 6.79. The first kappa shape index (κ1) is 26.4. The molecule has 1 spiro atoms. The molecule has 0 radical (unpaired) electrons. The van der Waals surface area contributed by atoms with Crippen LogP contribution < -0.4 is 9.80 Å². The Kier molecular flexibility index (Phi) is 6.86.